The van der Waals surface area contributed by atoms with E-state index in [1.165, 1.54) is 0 Å². The topological polar surface area (TPSA) is 44.0 Å². The molecule has 0 aliphatic heterocycles. The van der Waals surface area contributed by atoms with Gasteiger partial charge in [0.15, 0.2) is 0 Å². The number of benzene rings is 2. The van der Waals surface area contributed by atoms with Crippen molar-refractivity contribution < 1.29 is 5.11 Å². The molecule has 0 saturated heterocycles. The summed E-state index contributed by atoms with van der Waals surface area (Å²) in [5.74, 6) is 0.261. The Morgan fingerprint density at radius 2 is 1.69 bits per heavy atom. The van der Waals surface area contributed by atoms with E-state index in [1.54, 1.807) is 12.1 Å². The molecule has 0 heterocycles. The number of hydrogen-bond donors (Lipinski definition) is 1. The number of nitriles is 1. The summed E-state index contributed by atoms with van der Waals surface area (Å²) in [6.45, 7) is 0. The molecule has 1 N–H and O–H groups in total. The summed E-state index contributed by atoms with van der Waals surface area (Å²) in [7, 11) is 0. The highest BCUT2D eigenvalue weighted by atomic mass is 16.3. The first kappa shape index (κ1) is 10.3. The second-order valence-corrected chi connectivity index (χ2v) is 3.61. The summed E-state index contributed by atoms with van der Waals surface area (Å²) < 4.78 is 0. The second kappa shape index (κ2) is 4.50. The number of phenolic OH excluding ortho intramolecular Hbond substituents is 1. The number of rotatable bonds is 2. The molecule has 0 fully saturated rings. The summed E-state index contributed by atoms with van der Waals surface area (Å²) >= 11 is 0. The summed E-state index contributed by atoms with van der Waals surface area (Å²) in [6.07, 6.45) is 0.712. The molecule has 2 aromatic rings. The van der Waals surface area contributed by atoms with Crippen LogP contribution in [0.4, 0.5) is 0 Å². The molecule has 0 bridgehead atoms. The van der Waals surface area contributed by atoms with Crippen molar-refractivity contribution in [3.8, 4) is 11.8 Å². The predicted octanol–water partition coefficient (Wildman–Crippen LogP) is 2.85. The van der Waals surface area contributed by atoms with Crippen molar-refractivity contribution in [2.45, 2.75) is 6.42 Å². The van der Waals surface area contributed by atoms with Crippen LogP contribution in [0.5, 0.6) is 5.75 Å². The van der Waals surface area contributed by atoms with Gasteiger partial charge in [0.25, 0.3) is 0 Å². The monoisotopic (exact) mass is 209 g/mol. The Morgan fingerprint density at radius 1 is 1.00 bits per heavy atom. The SMILES string of the molecule is N#Cc1ccccc1Cc1ccc(O)cc1. The lowest BCUT2D eigenvalue weighted by Crippen LogP contribution is -1.91. The van der Waals surface area contributed by atoms with Crippen molar-refractivity contribution >= 4 is 0 Å². The fourth-order valence-electron chi connectivity index (χ4n) is 1.62. The van der Waals surface area contributed by atoms with Gasteiger partial charge < -0.3 is 5.11 Å². The van der Waals surface area contributed by atoms with Gasteiger partial charge in [-0.05, 0) is 35.7 Å². The molecule has 0 spiro atoms. The van der Waals surface area contributed by atoms with Crippen molar-refractivity contribution in [1.29, 1.82) is 5.26 Å². The maximum absolute atomic E-state index is 9.17. The van der Waals surface area contributed by atoms with Crippen LogP contribution in [0, 0.1) is 11.3 Å². The molecule has 2 rings (SSSR count). The summed E-state index contributed by atoms with van der Waals surface area (Å²) in [4.78, 5) is 0. The van der Waals surface area contributed by atoms with E-state index in [0.29, 0.717) is 12.0 Å². The van der Waals surface area contributed by atoms with Gasteiger partial charge in [-0.1, -0.05) is 30.3 Å². The molecule has 0 radical (unpaired) electrons. The van der Waals surface area contributed by atoms with E-state index < -0.39 is 0 Å². The van der Waals surface area contributed by atoms with Crippen molar-refractivity contribution in [3.05, 3.63) is 65.2 Å². The third kappa shape index (κ3) is 2.21. The van der Waals surface area contributed by atoms with E-state index in [2.05, 4.69) is 6.07 Å². The van der Waals surface area contributed by atoms with Crippen molar-refractivity contribution in [3.63, 3.8) is 0 Å². The Balaban J connectivity index is 2.27. The van der Waals surface area contributed by atoms with Crippen LogP contribution in [0.25, 0.3) is 0 Å². The quantitative estimate of drug-likeness (QED) is 0.826. The number of nitrogens with zero attached hydrogens (tertiary/aromatic N) is 1. The molecule has 2 aromatic carbocycles. The van der Waals surface area contributed by atoms with E-state index in [0.717, 1.165) is 11.1 Å². The van der Waals surface area contributed by atoms with Gasteiger partial charge in [-0.2, -0.15) is 5.26 Å². The zero-order valence-electron chi connectivity index (χ0n) is 8.72. The van der Waals surface area contributed by atoms with E-state index in [4.69, 9.17) is 5.26 Å². The van der Waals surface area contributed by atoms with Crippen molar-refractivity contribution in [2.75, 3.05) is 0 Å². The summed E-state index contributed by atoms with van der Waals surface area (Å²) in [5, 5.41) is 18.1. The minimum absolute atomic E-state index is 0.261. The first-order valence-electron chi connectivity index (χ1n) is 5.05. The minimum atomic E-state index is 0.261. The molecule has 0 unspecified atom stereocenters. The van der Waals surface area contributed by atoms with E-state index in [1.807, 2.05) is 36.4 Å². The molecular formula is C14H11NO. The van der Waals surface area contributed by atoms with Crippen LogP contribution in [0.2, 0.25) is 0 Å². The highest BCUT2D eigenvalue weighted by Gasteiger charge is 2.01. The van der Waals surface area contributed by atoms with Gasteiger partial charge in [-0.15, -0.1) is 0 Å². The average molecular weight is 209 g/mol. The van der Waals surface area contributed by atoms with Gasteiger partial charge in [0, 0.05) is 0 Å². The molecule has 2 heteroatoms. The van der Waals surface area contributed by atoms with Crippen molar-refractivity contribution in [1.82, 2.24) is 0 Å². The second-order valence-electron chi connectivity index (χ2n) is 3.61. The molecular weight excluding hydrogens is 198 g/mol. The largest absolute Gasteiger partial charge is 0.508 e. The zero-order chi connectivity index (χ0) is 11.4. The summed E-state index contributed by atoms with van der Waals surface area (Å²) in [5.41, 5.74) is 2.80. The van der Waals surface area contributed by atoms with Crippen LogP contribution >= 0.6 is 0 Å². The maximum Gasteiger partial charge on any atom is 0.115 e. The lowest BCUT2D eigenvalue weighted by Gasteiger charge is -2.03. The number of aromatic hydroxyl groups is 1. The van der Waals surface area contributed by atoms with Crippen LogP contribution in [0.1, 0.15) is 16.7 Å². The number of phenols is 1. The normalized spacial score (nSPS) is 9.69. The number of hydrogen-bond acceptors (Lipinski definition) is 2. The molecule has 0 aliphatic carbocycles. The van der Waals surface area contributed by atoms with Gasteiger partial charge in [-0.3, -0.25) is 0 Å². The van der Waals surface area contributed by atoms with Gasteiger partial charge in [0.05, 0.1) is 11.6 Å². The van der Waals surface area contributed by atoms with Gasteiger partial charge in [0.1, 0.15) is 5.75 Å². The highest BCUT2D eigenvalue weighted by Crippen LogP contribution is 2.16. The molecule has 78 valence electrons. The summed E-state index contributed by atoms with van der Waals surface area (Å²) in [6, 6.07) is 16.8. The molecule has 0 aliphatic rings. The molecule has 0 atom stereocenters. The van der Waals surface area contributed by atoms with Crippen LogP contribution in [-0.2, 0) is 6.42 Å². The fraction of sp³-hybridized carbons (Fsp3) is 0.0714. The first-order valence-corrected chi connectivity index (χ1v) is 5.05. The van der Waals surface area contributed by atoms with Gasteiger partial charge >= 0.3 is 0 Å². The van der Waals surface area contributed by atoms with Crippen LogP contribution in [-0.4, -0.2) is 5.11 Å². The Bertz CT molecular complexity index is 523. The standard InChI is InChI=1S/C14H11NO/c15-10-13-4-2-1-3-12(13)9-11-5-7-14(16)8-6-11/h1-8,16H,9H2. The van der Waals surface area contributed by atoms with E-state index >= 15 is 0 Å². The molecule has 0 saturated carbocycles. The average Bonchev–Trinajstić information content (AvgIpc) is 2.33. The first-order chi connectivity index (χ1) is 7.79. The molecule has 2 nitrogen and oxygen atoms in total. The van der Waals surface area contributed by atoms with Crippen LogP contribution in [0.3, 0.4) is 0 Å². The Hall–Kier alpha value is -2.27. The van der Waals surface area contributed by atoms with Gasteiger partial charge in [-0.25, -0.2) is 0 Å². The van der Waals surface area contributed by atoms with Crippen molar-refractivity contribution in [2.24, 2.45) is 0 Å². The Morgan fingerprint density at radius 3 is 2.38 bits per heavy atom. The zero-order valence-corrected chi connectivity index (χ0v) is 8.72. The lowest BCUT2D eigenvalue weighted by atomic mass is 10.0. The fourth-order valence-corrected chi connectivity index (χ4v) is 1.62. The minimum Gasteiger partial charge on any atom is -0.508 e. The molecule has 16 heavy (non-hydrogen) atoms. The van der Waals surface area contributed by atoms with E-state index in [9.17, 15) is 5.11 Å². The predicted molar refractivity (Wildman–Crippen MR) is 62.1 cm³/mol. The Kier molecular flexibility index (Phi) is 2.88. The van der Waals surface area contributed by atoms with Crippen LogP contribution in [0.15, 0.2) is 48.5 Å². The van der Waals surface area contributed by atoms with E-state index in [-0.39, 0.29) is 5.75 Å². The highest BCUT2D eigenvalue weighted by molar-refractivity contribution is 5.41. The third-order valence-corrected chi connectivity index (χ3v) is 2.47. The van der Waals surface area contributed by atoms with Gasteiger partial charge in [0.2, 0.25) is 0 Å². The third-order valence-electron chi connectivity index (χ3n) is 2.47. The Labute approximate surface area is 94.4 Å². The maximum atomic E-state index is 9.17. The molecule has 0 amide bonds. The molecule has 0 aromatic heterocycles. The van der Waals surface area contributed by atoms with Crippen LogP contribution < -0.4 is 0 Å². The lowest BCUT2D eigenvalue weighted by molar-refractivity contribution is 0.475. The smallest absolute Gasteiger partial charge is 0.115 e.